The first-order valence-corrected chi connectivity index (χ1v) is 13.5. The maximum Gasteiger partial charge on any atom is 0.238 e. The van der Waals surface area contributed by atoms with Crippen LogP contribution in [0.5, 0.6) is 0 Å². The van der Waals surface area contributed by atoms with Crippen molar-refractivity contribution in [3.05, 3.63) is 65.4 Å². The third kappa shape index (κ3) is 5.66. The van der Waals surface area contributed by atoms with Crippen LogP contribution in [0.1, 0.15) is 29.2 Å². The Kier molecular flexibility index (Phi) is 6.10. The highest BCUT2D eigenvalue weighted by Crippen LogP contribution is 2.34. The number of rotatable bonds is 7. The Labute approximate surface area is 192 Å². The second-order valence-electron chi connectivity index (χ2n) is 7.94. The molecule has 5 N–H and O–H groups in total. The van der Waals surface area contributed by atoms with E-state index in [4.69, 9.17) is 5.14 Å². The molecular formula is C21H24N6O4S2. The fourth-order valence-electron chi connectivity index (χ4n) is 3.68. The highest BCUT2D eigenvalue weighted by atomic mass is 32.2. The molecule has 1 heterocycles. The summed E-state index contributed by atoms with van der Waals surface area (Å²) in [6.07, 6.45) is 4.36. The number of sulfonamides is 2. The van der Waals surface area contributed by atoms with Crippen molar-refractivity contribution in [3.63, 3.8) is 0 Å². The molecule has 0 saturated heterocycles. The van der Waals surface area contributed by atoms with Crippen LogP contribution in [0.4, 0.5) is 23.1 Å². The second kappa shape index (κ2) is 8.71. The fourth-order valence-corrected chi connectivity index (χ4v) is 4.96. The van der Waals surface area contributed by atoms with Gasteiger partial charge < -0.3 is 10.6 Å². The summed E-state index contributed by atoms with van der Waals surface area (Å²) in [5.74, 6) is 0.906. The topological polar surface area (TPSA) is 156 Å². The zero-order chi connectivity index (χ0) is 23.8. The number of aryl methyl sites for hydroxylation is 2. The summed E-state index contributed by atoms with van der Waals surface area (Å²) in [4.78, 5) is 8.81. The number of aromatic nitrogens is 2. The lowest BCUT2D eigenvalue weighted by Crippen LogP contribution is -2.25. The molecule has 33 heavy (non-hydrogen) atoms. The molecule has 174 valence electrons. The highest BCUT2D eigenvalue weighted by molar-refractivity contribution is 7.89. The zero-order valence-corrected chi connectivity index (χ0v) is 19.7. The van der Waals surface area contributed by atoms with Gasteiger partial charge in [-0.25, -0.2) is 31.7 Å². The van der Waals surface area contributed by atoms with Crippen LogP contribution in [0.2, 0.25) is 0 Å². The molecule has 0 aliphatic heterocycles. The van der Waals surface area contributed by atoms with Crippen LogP contribution in [-0.2, 0) is 26.5 Å². The molecule has 10 nitrogen and oxygen atoms in total. The minimum absolute atomic E-state index is 0.0144. The van der Waals surface area contributed by atoms with Crippen molar-refractivity contribution >= 4 is 43.2 Å². The van der Waals surface area contributed by atoms with E-state index in [1.54, 1.807) is 18.3 Å². The molecule has 1 atom stereocenters. The normalized spacial score (nSPS) is 15.8. The molecule has 1 aliphatic rings. The smallest absolute Gasteiger partial charge is 0.238 e. The summed E-state index contributed by atoms with van der Waals surface area (Å²) in [5.41, 5.74) is 4.26. The van der Waals surface area contributed by atoms with E-state index in [2.05, 4.69) is 25.3 Å². The predicted molar refractivity (Wildman–Crippen MR) is 127 cm³/mol. The second-order valence-corrected chi connectivity index (χ2v) is 11.3. The molecule has 0 saturated carbocycles. The van der Waals surface area contributed by atoms with Crippen LogP contribution in [-0.4, -0.2) is 33.1 Å². The predicted octanol–water partition coefficient (Wildman–Crippen LogP) is 2.46. The van der Waals surface area contributed by atoms with E-state index in [0.717, 1.165) is 41.5 Å². The van der Waals surface area contributed by atoms with Gasteiger partial charge in [0.25, 0.3) is 0 Å². The van der Waals surface area contributed by atoms with E-state index >= 15 is 0 Å². The minimum Gasteiger partial charge on any atom is -0.340 e. The van der Waals surface area contributed by atoms with E-state index in [-0.39, 0.29) is 10.9 Å². The molecule has 1 aliphatic carbocycles. The Morgan fingerprint density at radius 3 is 2.36 bits per heavy atom. The maximum atomic E-state index is 11.7. The summed E-state index contributed by atoms with van der Waals surface area (Å²) in [6.45, 7) is 1.87. The number of nitrogens with zero attached hydrogens (tertiary/aromatic N) is 2. The average Bonchev–Trinajstić information content (AvgIpc) is 3.11. The highest BCUT2D eigenvalue weighted by Gasteiger charge is 2.25. The van der Waals surface area contributed by atoms with Gasteiger partial charge >= 0.3 is 0 Å². The number of anilines is 4. The summed E-state index contributed by atoms with van der Waals surface area (Å²) >= 11 is 0. The van der Waals surface area contributed by atoms with Crippen LogP contribution in [0.25, 0.3) is 0 Å². The van der Waals surface area contributed by atoms with Crippen molar-refractivity contribution < 1.29 is 16.8 Å². The summed E-state index contributed by atoms with van der Waals surface area (Å²) in [5, 5.41) is 11.4. The van der Waals surface area contributed by atoms with Crippen LogP contribution in [0.3, 0.4) is 0 Å². The molecule has 0 bridgehead atoms. The lowest BCUT2D eigenvalue weighted by Gasteiger charge is -2.15. The Balaban J connectivity index is 1.54. The molecule has 0 amide bonds. The first-order valence-electron chi connectivity index (χ1n) is 10.1. The van der Waals surface area contributed by atoms with Crippen LogP contribution >= 0.6 is 0 Å². The molecule has 4 rings (SSSR count). The molecule has 12 heteroatoms. The number of nitrogens with two attached hydrogens (primary N) is 1. The number of primary sulfonamides is 1. The van der Waals surface area contributed by atoms with Gasteiger partial charge in [-0.05, 0) is 67.3 Å². The number of benzene rings is 2. The Morgan fingerprint density at radius 1 is 1.00 bits per heavy atom. The first-order chi connectivity index (χ1) is 15.5. The van der Waals surface area contributed by atoms with E-state index in [1.807, 2.05) is 25.1 Å². The van der Waals surface area contributed by atoms with Crippen molar-refractivity contribution in [1.29, 1.82) is 0 Å². The molecule has 3 aromatic rings. The summed E-state index contributed by atoms with van der Waals surface area (Å²) in [7, 11) is -7.08. The van der Waals surface area contributed by atoms with Crippen LogP contribution < -0.4 is 20.5 Å². The molecular weight excluding hydrogens is 464 g/mol. The van der Waals surface area contributed by atoms with Crippen molar-refractivity contribution in [2.75, 3.05) is 16.9 Å². The minimum atomic E-state index is -3.76. The van der Waals surface area contributed by atoms with Gasteiger partial charge in [0, 0.05) is 29.2 Å². The first kappa shape index (κ1) is 23.1. The zero-order valence-electron chi connectivity index (χ0n) is 18.0. The SMILES string of the molecule is Cc1cnc(Nc2ccc(S(N)(=O)=O)cc2)nc1Nc1ccc2c(c1)[C@@H](NS(C)(=O)=O)CC2. The summed E-state index contributed by atoms with van der Waals surface area (Å²) in [6, 6.07) is 11.6. The summed E-state index contributed by atoms with van der Waals surface area (Å²) < 4.78 is 48.9. The van der Waals surface area contributed by atoms with Gasteiger partial charge in [-0.2, -0.15) is 4.98 Å². The van der Waals surface area contributed by atoms with Crippen molar-refractivity contribution in [2.45, 2.75) is 30.7 Å². The monoisotopic (exact) mass is 488 g/mol. The number of fused-ring (bicyclic) bond motifs is 1. The van der Waals surface area contributed by atoms with Crippen LogP contribution in [0.15, 0.2) is 53.6 Å². The molecule has 0 radical (unpaired) electrons. The quantitative estimate of drug-likeness (QED) is 0.395. The standard InChI is InChI=1S/C21H24N6O4S2/c1-13-12-23-21(25-15-6-8-17(9-7-15)33(22,30)31)26-20(13)24-16-5-3-14-4-10-19(18(14)11-16)27-32(2,28)29/h3,5-9,11-12,19,27H,4,10H2,1-2H3,(H2,22,30,31)(H2,23,24,25,26)/t19-/m0/s1. The largest absolute Gasteiger partial charge is 0.340 e. The Bertz CT molecular complexity index is 1410. The van der Waals surface area contributed by atoms with Crippen LogP contribution in [0, 0.1) is 6.92 Å². The van der Waals surface area contributed by atoms with Gasteiger partial charge in [-0.1, -0.05) is 6.07 Å². The van der Waals surface area contributed by atoms with E-state index < -0.39 is 20.0 Å². The van der Waals surface area contributed by atoms with E-state index in [1.165, 1.54) is 12.1 Å². The Morgan fingerprint density at radius 2 is 1.70 bits per heavy atom. The lowest BCUT2D eigenvalue weighted by atomic mass is 10.1. The van der Waals surface area contributed by atoms with Crippen molar-refractivity contribution in [1.82, 2.24) is 14.7 Å². The molecule has 0 unspecified atom stereocenters. The third-order valence-electron chi connectivity index (χ3n) is 5.25. The number of hydrogen-bond donors (Lipinski definition) is 4. The number of hydrogen-bond acceptors (Lipinski definition) is 8. The molecule has 1 aromatic heterocycles. The lowest BCUT2D eigenvalue weighted by molar-refractivity contribution is 0.560. The van der Waals surface area contributed by atoms with Gasteiger partial charge in [0.2, 0.25) is 26.0 Å². The van der Waals surface area contributed by atoms with Gasteiger partial charge in [0.1, 0.15) is 5.82 Å². The molecule has 2 aromatic carbocycles. The van der Waals surface area contributed by atoms with Crippen molar-refractivity contribution in [2.24, 2.45) is 5.14 Å². The number of nitrogens with one attached hydrogen (secondary N) is 3. The van der Waals surface area contributed by atoms with Crippen molar-refractivity contribution in [3.8, 4) is 0 Å². The maximum absolute atomic E-state index is 11.7. The van der Waals surface area contributed by atoms with E-state index in [0.29, 0.717) is 17.5 Å². The fraction of sp³-hybridized carbons (Fsp3) is 0.238. The molecule has 0 fully saturated rings. The van der Waals surface area contributed by atoms with Gasteiger partial charge in [0.05, 0.1) is 11.2 Å². The average molecular weight is 489 g/mol. The van der Waals surface area contributed by atoms with Gasteiger partial charge in [0.15, 0.2) is 0 Å². The van der Waals surface area contributed by atoms with Gasteiger partial charge in [-0.15, -0.1) is 0 Å². The molecule has 0 spiro atoms. The van der Waals surface area contributed by atoms with E-state index in [9.17, 15) is 16.8 Å². The van der Waals surface area contributed by atoms with Gasteiger partial charge in [-0.3, -0.25) is 0 Å². The Hall–Kier alpha value is -3.06. The third-order valence-corrected chi connectivity index (χ3v) is 6.90.